The third kappa shape index (κ3) is 2.95. The second-order valence-corrected chi connectivity index (χ2v) is 5.09. The molecule has 1 aromatic heterocycles. The third-order valence-corrected chi connectivity index (χ3v) is 4.52. The Morgan fingerprint density at radius 3 is 2.25 bits per heavy atom. The van der Waals surface area contributed by atoms with E-state index in [2.05, 4.69) is 43.0 Å². The Kier molecular flexibility index (Phi) is 6.39. The maximum absolute atomic E-state index is 6.13. The summed E-state index contributed by atoms with van der Waals surface area (Å²) in [7, 11) is 0. The molecule has 0 saturated heterocycles. The summed E-state index contributed by atoms with van der Waals surface area (Å²) in [4.78, 5) is 6.68. The second kappa shape index (κ2) is 7.57. The van der Waals surface area contributed by atoms with Crippen LogP contribution in [0.4, 0.5) is 5.69 Å². The fourth-order valence-corrected chi connectivity index (χ4v) is 3.33. The number of nitrogens with two attached hydrogens (primary N) is 2. The highest BCUT2D eigenvalue weighted by atomic mass is 15.3. The van der Waals surface area contributed by atoms with E-state index in [1.165, 1.54) is 0 Å². The summed E-state index contributed by atoms with van der Waals surface area (Å²) >= 11 is 0. The lowest BCUT2D eigenvalue weighted by Crippen LogP contribution is -2.57. The quantitative estimate of drug-likeness (QED) is 0.501. The SMILES string of the molecule is CCN(CC)C(CC)(CC)C(NN)c1cnccc1N. The average molecular weight is 279 g/mol. The van der Waals surface area contributed by atoms with E-state index >= 15 is 0 Å². The number of nitrogens with zero attached hydrogens (tertiary/aromatic N) is 2. The normalized spacial score (nSPS) is 13.7. The first-order chi connectivity index (χ1) is 9.61. The molecule has 1 atom stereocenters. The van der Waals surface area contributed by atoms with Crippen molar-refractivity contribution in [3.8, 4) is 0 Å². The molecule has 0 aliphatic rings. The molecule has 1 heterocycles. The molecule has 0 bridgehead atoms. The van der Waals surface area contributed by atoms with Crippen molar-refractivity contribution in [2.45, 2.75) is 52.1 Å². The molecule has 5 heteroatoms. The molecule has 0 amide bonds. The summed E-state index contributed by atoms with van der Waals surface area (Å²) in [6.07, 6.45) is 5.52. The summed E-state index contributed by atoms with van der Waals surface area (Å²) in [5.41, 5.74) is 10.8. The average Bonchev–Trinajstić information content (AvgIpc) is 2.49. The lowest BCUT2D eigenvalue weighted by molar-refractivity contribution is 0.0488. The maximum Gasteiger partial charge on any atom is 0.0679 e. The number of hydrazine groups is 1. The molecule has 20 heavy (non-hydrogen) atoms. The minimum absolute atomic E-state index is 0.0360. The molecule has 5 nitrogen and oxygen atoms in total. The van der Waals surface area contributed by atoms with E-state index in [0.29, 0.717) is 0 Å². The van der Waals surface area contributed by atoms with E-state index in [1.807, 2.05) is 12.3 Å². The Morgan fingerprint density at radius 2 is 1.85 bits per heavy atom. The smallest absolute Gasteiger partial charge is 0.0679 e. The number of hydrogen-bond acceptors (Lipinski definition) is 5. The molecule has 0 aliphatic carbocycles. The number of likely N-dealkylation sites (N-methyl/N-ethyl adjacent to an activating group) is 1. The maximum atomic E-state index is 6.13. The zero-order valence-electron chi connectivity index (χ0n) is 13.2. The van der Waals surface area contributed by atoms with Crippen molar-refractivity contribution >= 4 is 5.69 Å². The molecule has 5 N–H and O–H groups in total. The monoisotopic (exact) mass is 279 g/mol. The van der Waals surface area contributed by atoms with E-state index in [-0.39, 0.29) is 11.6 Å². The van der Waals surface area contributed by atoms with Gasteiger partial charge in [-0.2, -0.15) is 0 Å². The molecule has 0 fully saturated rings. The van der Waals surface area contributed by atoms with Crippen LogP contribution < -0.4 is 17.0 Å². The van der Waals surface area contributed by atoms with E-state index in [0.717, 1.165) is 37.2 Å². The first kappa shape index (κ1) is 16.9. The molecule has 114 valence electrons. The Hall–Kier alpha value is -1.17. The highest BCUT2D eigenvalue weighted by Gasteiger charge is 2.41. The number of aromatic nitrogens is 1. The molecule has 0 radical (unpaired) electrons. The Bertz CT molecular complexity index is 399. The number of hydrogen-bond donors (Lipinski definition) is 3. The molecule has 1 rings (SSSR count). The van der Waals surface area contributed by atoms with Gasteiger partial charge in [-0.25, -0.2) is 0 Å². The van der Waals surface area contributed by atoms with Gasteiger partial charge in [-0.3, -0.25) is 21.2 Å². The van der Waals surface area contributed by atoms with Crippen LogP contribution >= 0.6 is 0 Å². The Labute approximate surface area is 122 Å². The van der Waals surface area contributed by atoms with Gasteiger partial charge in [0.15, 0.2) is 0 Å². The van der Waals surface area contributed by atoms with Crippen LogP contribution in [0.1, 0.15) is 52.1 Å². The standard InChI is InChI=1S/C15H29N5/c1-5-15(6-2,20(7-3)8-4)14(19-17)12-11-18-10-9-13(12)16/h9-11,14,19H,5-8,17H2,1-4H3,(H2,16,18). The fourth-order valence-electron chi connectivity index (χ4n) is 3.33. The summed E-state index contributed by atoms with van der Waals surface area (Å²) in [6, 6.07) is 1.80. The highest BCUT2D eigenvalue weighted by Crippen LogP contribution is 2.38. The number of nitrogens with one attached hydrogen (secondary N) is 1. The molecular weight excluding hydrogens is 250 g/mol. The van der Waals surface area contributed by atoms with E-state index in [4.69, 9.17) is 11.6 Å². The summed E-state index contributed by atoms with van der Waals surface area (Å²) in [5, 5.41) is 0. The van der Waals surface area contributed by atoms with Crippen molar-refractivity contribution in [1.82, 2.24) is 15.3 Å². The topological polar surface area (TPSA) is 80.2 Å². The predicted molar refractivity (Wildman–Crippen MR) is 84.9 cm³/mol. The van der Waals surface area contributed by atoms with Gasteiger partial charge in [-0.1, -0.05) is 27.7 Å². The second-order valence-electron chi connectivity index (χ2n) is 5.09. The van der Waals surface area contributed by atoms with E-state index in [9.17, 15) is 0 Å². The minimum Gasteiger partial charge on any atom is -0.398 e. The van der Waals surface area contributed by atoms with Crippen LogP contribution in [0.15, 0.2) is 18.5 Å². The van der Waals surface area contributed by atoms with Gasteiger partial charge in [-0.05, 0) is 32.0 Å². The van der Waals surface area contributed by atoms with Crippen LogP contribution in [0.3, 0.4) is 0 Å². The van der Waals surface area contributed by atoms with Gasteiger partial charge >= 0.3 is 0 Å². The van der Waals surface area contributed by atoms with Gasteiger partial charge in [0.1, 0.15) is 0 Å². The molecule has 0 saturated carbocycles. The number of anilines is 1. The minimum atomic E-state index is -0.0601. The van der Waals surface area contributed by atoms with Gasteiger partial charge in [-0.15, -0.1) is 0 Å². The summed E-state index contributed by atoms with van der Waals surface area (Å²) < 4.78 is 0. The van der Waals surface area contributed by atoms with Crippen LogP contribution in [0, 0.1) is 0 Å². The lowest BCUT2D eigenvalue weighted by Gasteiger charge is -2.48. The highest BCUT2D eigenvalue weighted by molar-refractivity contribution is 5.47. The van der Waals surface area contributed by atoms with E-state index < -0.39 is 0 Å². The van der Waals surface area contributed by atoms with Crippen molar-refractivity contribution in [3.63, 3.8) is 0 Å². The fraction of sp³-hybridized carbons (Fsp3) is 0.667. The lowest BCUT2D eigenvalue weighted by atomic mass is 9.79. The van der Waals surface area contributed by atoms with Crippen LogP contribution in [-0.2, 0) is 0 Å². The van der Waals surface area contributed by atoms with Crippen molar-refractivity contribution in [1.29, 1.82) is 0 Å². The molecule has 0 aromatic carbocycles. The van der Waals surface area contributed by atoms with Gasteiger partial charge in [0, 0.05) is 29.2 Å². The number of pyridine rings is 1. The van der Waals surface area contributed by atoms with Crippen LogP contribution in [-0.4, -0.2) is 28.5 Å². The molecule has 1 unspecified atom stereocenters. The predicted octanol–water partition coefficient (Wildman–Crippen LogP) is 2.07. The Balaban J connectivity index is 3.32. The number of rotatable bonds is 8. The van der Waals surface area contributed by atoms with Crippen molar-refractivity contribution in [2.75, 3.05) is 18.8 Å². The summed E-state index contributed by atoms with van der Waals surface area (Å²) in [6.45, 7) is 10.7. The summed E-state index contributed by atoms with van der Waals surface area (Å²) in [5.74, 6) is 5.90. The van der Waals surface area contributed by atoms with Crippen molar-refractivity contribution < 1.29 is 0 Å². The Morgan fingerprint density at radius 1 is 1.25 bits per heavy atom. The molecule has 1 aromatic rings. The van der Waals surface area contributed by atoms with Gasteiger partial charge in [0.05, 0.1) is 6.04 Å². The van der Waals surface area contributed by atoms with Crippen LogP contribution in [0.2, 0.25) is 0 Å². The molecule has 0 spiro atoms. The van der Waals surface area contributed by atoms with Gasteiger partial charge in [0.25, 0.3) is 0 Å². The largest absolute Gasteiger partial charge is 0.398 e. The third-order valence-electron chi connectivity index (χ3n) is 4.52. The van der Waals surface area contributed by atoms with E-state index in [1.54, 1.807) is 6.20 Å². The molecular formula is C15H29N5. The first-order valence-electron chi connectivity index (χ1n) is 7.51. The van der Waals surface area contributed by atoms with Crippen molar-refractivity contribution in [3.05, 3.63) is 24.0 Å². The zero-order valence-corrected chi connectivity index (χ0v) is 13.2. The zero-order chi connectivity index (χ0) is 15.2. The first-order valence-corrected chi connectivity index (χ1v) is 7.51. The van der Waals surface area contributed by atoms with Gasteiger partial charge in [0.2, 0.25) is 0 Å². The van der Waals surface area contributed by atoms with Crippen molar-refractivity contribution in [2.24, 2.45) is 5.84 Å². The van der Waals surface area contributed by atoms with Crippen LogP contribution in [0.5, 0.6) is 0 Å². The van der Waals surface area contributed by atoms with Crippen LogP contribution in [0.25, 0.3) is 0 Å². The molecule has 0 aliphatic heterocycles. The number of nitrogen functional groups attached to an aromatic ring is 1. The van der Waals surface area contributed by atoms with Gasteiger partial charge < -0.3 is 5.73 Å².